The summed E-state index contributed by atoms with van der Waals surface area (Å²) >= 11 is 0. The van der Waals surface area contributed by atoms with E-state index < -0.39 is 5.63 Å². The summed E-state index contributed by atoms with van der Waals surface area (Å²) in [6.07, 6.45) is 1.21. The molecule has 1 aromatic heterocycles. The van der Waals surface area contributed by atoms with E-state index in [2.05, 4.69) is 4.42 Å². The zero-order valence-electron chi connectivity index (χ0n) is 4.50. The third-order valence-corrected chi connectivity index (χ3v) is 0.717. The molecule has 0 atom stereocenters. The van der Waals surface area contributed by atoms with Gasteiger partial charge in [-0.1, -0.05) is 0 Å². The monoisotopic (exact) mass is 130 g/mol. The molecule has 0 aromatic carbocycles. The molecular weight excluding hydrogens is 124 g/mol. The minimum Gasteiger partial charge on any atom is -0.502 e. The van der Waals surface area contributed by atoms with Crippen molar-refractivity contribution in [1.82, 2.24) is 0 Å². The van der Waals surface area contributed by atoms with Crippen molar-refractivity contribution < 1.29 is 15.0 Å². The maximum atomic E-state index is 10.2. The summed E-state index contributed by atoms with van der Waals surface area (Å²) in [5.74, 6) is -0.354. The van der Waals surface area contributed by atoms with Crippen LogP contribution in [0, 0.1) is 0 Å². The number of hydrogen-bond acceptors (Lipinski definition) is 3. The highest BCUT2D eigenvalue weighted by Crippen LogP contribution is 1.94. The first kappa shape index (κ1) is 7.71. The van der Waals surface area contributed by atoms with Gasteiger partial charge >= 0.3 is 5.63 Å². The SMILES string of the molecule is O.O=c1occcc1O. The molecule has 0 amide bonds. The molecule has 0 aliphatic rings. The van der Waals surface area contributed by atoms with Crippen LogP contribution in [0.15, 0.2) is 27.6 Å². The van der Waals surface area contributed by atoms with Crippen molar-refractivity contribution in [2.24, 2.45) is 0 Å². The molecule has 1 rings (SSSR count). The van der Waals surface area contributed by atoms with Crippen LogP contribution in [-0.4, -0.2) is 10.6 Å². The molecule has 0 saturated carbocycles. The second kappa shape index (κ2) is 2.88. The molecule has 4 nitrogen and oxygen atoms in total. The van der Waals surface area contributed by atoms with Crippen molar-refractivity contribution in [3.8, 4) is 5.75 Å². The van der Waals surface area contributed by atoms with Crippen LogP contribution >= 0.6 is 0 Å². The number of hydrogen-bond donors (Lipinski definition) is 1. The Morgan fingerprint density at radius 2 is 2.22 bits per heavy atom. The molecule has 0 radical (unpaired) electrons. The molecule has 1 aromatic rings. The third kappa shape index (κ3) is 1.58. The Morgan fingerprint density at radius 1 is 1.56 bits per heavy atom. The second-order valence-corrected chi connectivity index (χ2v) is 1.29. The average Bonchev–Trinajstić information content (AvgIpc) is 1.77. The van der Waals surface area contributed by atoms with Gasteiger partial charge in [0.1, 0.15) is 0 Å². The van der Waals surface area contributed by atoms with E-state index in [-0.39, 0.29) is 11.2 Å². The summed E-state index contributed by atoms with van der Waals surface area (Å²) in [5, 5.41) is 8.51. The molecule has 0 aliphatic heterocycles. The van der Waals surface area contributed by atoms with Crippen molar-refractivity contribution in [1.29, 1.82) is 0 Å². The van der Waals surface area contributed by atoms with E-state index in [0.29, 0.717) is 0 Å². The fourth-order valence-corrected chi connectivity index (χ4v) is 0.360. The van der Waals surface area contributed by atoms with Crippen molar-refractivity contribution in [2.45, 2.75) is 0 Å². The lowest BCUT2D eigenvalue weighted by Crippen LogP contribution is -1.93. The Labute approximate surface area is 50.7 Å². The predicted molar refractivity (Wildman–Crippen MR) is 30.3 cm³/mol. The first-order chi connectivity index (χ1) is 3.80. The first-order valence-electron chi connectivity index (χ1n) is 2.07. The molecule has 50 valence electrons. The molecular formula is C5H6O4. The Kier molecular flexibility index (Phi) is 2.47. The van der Waals surface area contributed by atoms with Crippen molar-refractivity contribution in [3.05, 3.63) is 28.8 Å². The minimum absolute atomic E-state index is 0. The second-order valence-electron chi connectivity index (χ2n) is 1.29. The van der Waals surface area contributed by atoms with Crippen molar-refractivity contribution in [3.63, 3.8) is 0 Å². The zero-order chi connectivity index (χ0) is 5.98. The molecule has 0 saturated heterocycles. The van der Waals surface area contributed by atoms with Crippen LogP contribution in [0.4, 0.5) is 0 Å². The molecule has 0 bridgehead atoms. The largest absolute Gasteiger partial charge is 0.502 e. The van der Waals surface area contributed by atoms with Crippen LogP contribution in [0.25, 0.3) is 0 Å². The van der Waals surface area contributed by atoms with Gasteiger partial charge in [0.25, 0.3) is 0 Å². The highest BCUT2D eigenvalue weighted by Gasteiger charge is 1.90. The maximum absolute atomic E-state index is 10.2. The lowest BCUT2D eigenvalue weighted by Gasteiger charge is -1.81. The van der Waals surface area contributed by atoms with Gasteiger partial charge in [0.2, 0.25) is 5.75 Å². The molecule has 1 heterocycles. The molecule has 0 spiro atoms. The van der Waals surface area contributed by atoms with E-state index in [0.717, 1.165) is 0 Å². The average molecular weight is 130 g/mol. The summed E-state index contributed by atoms with van der Waals surface area (Å²) in [7, 11) is 0. The predicted octanol–water partition coefficient (Wildman–Crippen LogP) is -0.479. The van der Waals surface area contributed by atoms with E-state index in [9.17, 15) is 4.79 Å². The van der Waals surface area contributed by atoms with Gasteiger partial charge in [-0.3, -0.25) is 0 Å². The van der Waals surface area contributed by atoms with Gasteiger partial charge in [0.15, 0.2) is 0 Å². The standard InChI is InChI=1S/C5H4O3.H2O/c6-4-2-1-3-8-5(4)7;/h1-3,6H;1H2. The molecule has 4 heteroatoms. The van der Waals surface area contributed by atoms with Crippen LogP contribution in [0.3, 0.4) is 0 Å². The Balaban J connectivity index is 0.000000640. The van der Waals surface area contributed by atoms with E-state index >= 15 is 0 Å². The van der Waals surface area contributed by atoms with Gasteiger partial charge in [-0.15, -0.1) is 0 Å². The van der Waals surface area contributed by atoms with Crippen LogP contribution in [0.2, 0.25) is 0 Å². The van der Waals surface area contributed by atoms with Gasteiger partial charge in [-0.2, -0.15) is 0 Å². The quantitative estimate of drug-likeness (QED) is 0.515. The smallest absolute Gasteiger partial charge is 0.378 e. The van der Waals surface area contributed by atoms with Gasteiger partial charge in [0, 0.05) is 0 Å². The van der Waals surface area contributed by atoms with Crippen LogP contribution in [0.5, 0.6) is 5.75 Å². The van der Waals surface area contributed by atoms with Gasteiger partial charge < -0.3 is 15.0 Å². The van der Waals surface area contributed by atoms with E-state index in [1.165, 1.54) is 18.4 Å². The first-order valence-corrected chi connectivity index (χ1v) is 2.07. The van der Waals surface area contributed by atoms with E-state index in [4.69, 9.17) is 5.11 Å². The van der Waals surface area contributed by atoms with Crippen molar-refractivity contribution in [2.75, 3.05) is 0 Å². The summed E-state index contributed by atoms with van der Waals surface area (Å²) < 4.78 is 4.25. The van der Waals surface area contributed by atoms with Crippen molar-refractivity contribution >= 4 is 0 Å². The highest BCUT2D eigenvalue weighted by molar-refractivity contribution is 5.10. The molecule has 3 N–H and O–H groups in total. The summed E-state index contributed by atoms with van der Waals surface area (Å²) in [5.41, 5.74) is -0.701. The zero-order valence-corrected chi connectivity index (χ0v) is 4.50. The summed E-state index contributed by atoms with van der Waals surface area (Å²) in [6.45, 7) is 0. The number of rotatable bonds is 0. The number of aromatic hydroxyl groups is 1. The minimum atomic E-state index is -0.701. The lowest BCUT2D eigenvalue weighted by atomic mass is 10.5. The van der Waals surface area contributed by atoms with Gasteiger partial charge in [0.05, 0.1) is 6.26 Å². The topological polar surface area (TPSA) is 81.9 Å². The van der Waals surface area contributed by atoms with Crippen LogP contribution < -0.4 is 5.63 Å². The fourth-order valence-electron chi connectivity index (χ4n) is 0.360. The highest BCUT2D eigenvalue weighted by atomic mass is 16.4. The molecule has 9 heavy (non-hydrogen) atoms. The third-order valence-electron chi connectivity index (χ3n) is 0.717. The molecule has 0 unspecified atom stereocenters. The van der Waals surface area contributed by atoms with Gasteiger partial charge in [-0.05, 0) is 12.1 Å². The Hall–Kier alpha value is -1.29. The Morgan fingerprint density at radius 3 is 2.56 bits per heavy atom. The Bertz CT molecular complexity index is 226. The van der Waals surface area contributed by atoms with Gasteiger partial charge in [-0.25, -0.2) is 4.79 Å². The van der Waals surface area contributed by atoms with E-state index in [1.807, 2.05) is 0 Å². The fraction of sp³-hybridized carbons (Fsp3) is 0. The summed E-state index contributed by atoms with van der Waals surface area (Å²) in [4.78, 5) is 10.2. The maximum Gasteiger partial charge on any atom is 0.378 e. The molecule has 0 fully saturated rings. The van der Waals surface area contributed by atoms with Crippen LogP contribution in [0.1, 0.15) is 0 Å². The normalized spacial score (nSPS) is 8.00. The molecule has 0 aliphatic carbocycles. The lowest BCUT2D eigenvalue weighted by molar-refractivity contribution is 0.412. The van der Waals surface area contributed by atoms with E-state index in [1.54, 1.807) is 0 Å². The summed E-state index contributed by atoms with van der Waals surface area (Å²) in [6, 6.07) is 2.71. The van der Waals surface area contributed by atoms with Crippen LogP contribution in [-0.2, 0) is 0 Å².